The van der Waals surface area contributed by atoms with Crippen LogP contribution in [0.3, 0.4) is 0 Å². The Bertz CT molecular complexity index is 1290. The molecule has 1 heterocycles. The molecule has 0 spiro atoms. The smallest absolute Gasteiger partial charge is 0.267 e. The van der Waals surface area contributed by atoms with E-state index in [1.807, 2.05) is 13.8 Å². The summed E-state index contributed by atoms with van der Waals surface area (Å²) in [5.74, 6) is -2.62. The quantitative estimate of drug-likeness (QED) is 0.637. The van der Waals surface area contributed by atoms with Gasteiger partial charge in [0.2, 0.25) is 0 Å². The monoisotopic (exact) mass is 458 g/mol. The van der Waals surface area contributed by atoms with Crippen LogP contribution in [0, 0.1) is 25.5 Å². The molecule has 1 unspecified atom stereocenters. The van der Waals surface area contributed by atoms with Crippen molar-refractivity contribution in [1.82, 2.24) is 0 Å². The minimum Gasteiger partial charge on any atom is -0.476 e. The summed E-state index contributed by atoms with van der Waals surface area (Å²) in [4.78, 5) is 12.9. The van der Waals surface area contributed by atoms with Gasteiger partial charge in [-0.3, -0.25) is 9.10 Å². The molecule has 32 heavy (non-hydrogen) atoms. The molecule has 166 valence electrons. The van der Waals surface area contributed by atoms with Crippen molar-refractivity contribution in [2.24, 2.45) is 0 Å². The Balaban J connectivity index is 1.69. The lowest BCUT2D eigenvalue weighted by Gasteiger charge is -2.35. The number of hydrogen-bond acceptors (Lipinski definition) is 4. The molecule has 6 nitrogen and oxygen atoms in total. The molecule has 1 aliphatic rings. The fourth-order valence-corrected chi connectivity index (χ4v) is 4.83. The van der Waals surface area contributed by atoms with Crippen LogP contribution < -0.4 is 14.4 Å². The molecular formula is C23H20F2N2O4S. The SMILES string of the molecule is Cc1ccc(S(=O)(=O)N2CC(C(=O)Nc3ccc(F)c(F)c3)Oc3ccc(C)cc32)cc1. The second-order valence-corrected chi connectivity index (χ2v) is 9.41. The lowest BCUT2D eigenvalue weighted by molar-refractivity contribution is -0.122. The minimum absolute atomic E-state index is 0.0279. The summed E-state index contributed by atoms with van der Waals surface area (Å²) in [6, 6.07) is 14.3. The van der Waals surface area contributed by atoms with Crippen LogP contribution in [0.1, 0.15) is 11.1 Å². The molecule has 0 saturated heterocycles. The number of benzene rings is 3. The number of ether oxygens (including phenoxy) is 1. The van der Waals surface area contributed by atoms with Crippen LogP contribution in [-0.4, -0.2) is 27.0 Å². The number of halogens is 2. The Kier molecular flexibility index (Phi) is 5.60. The first-order valence-electron chi connectivity index (χ1n) is 9.78. The Morgan fingerprint density at radius 1 is 0.969 bits per heavy atom. The second-order valence-electron chi connectivity index (χ2n) is 7.55. The van der Waals surface area contributed by atoms with Crippen molar-refractivity contribution in [1.29, 1.82) is 0 Å². The average Bonchev–Trinajstić information content (AvgIpc) is 2.75. The summed E-state index contributed by atoms with van der Waals surface area (Å²) in [5.41, 5.74) is 2.08. The highest BCUT2D eigenvalue weighted by Gasteiger charge is 2.37. The third-order valence-electron chi connectivity index (χ3n) is 5.07. The number of hydrogen-bond donors (Lipinski definition) is 1. The van der Waals surface area contributed by atoms with E-state index < -0.39 is 33.7 Å². The molecule has 3 aromatic rings. The standard InChI is InChI=1S/C23H20F2N2O4S/c1-14-3-7-17(8-4-14)32(29,30)27-13-22(31-21-10-5-15(2)11-20(21)27)23(28)26-16-6-9-18(24)19(25)12-16/h3-12,22H,13H2,1-2H3,(H,26,28). The van der Waals surface area contributed by atoms with Crippen LogP contribution in [-0.2, 0) is 14.8 Å². The number of anilines is 2. The van der Waals surface area contributed by atoms with E-state index in [0.717, 1.165) is 27.6 Å². The van der Waals surface area contributed by atoms with E-state index in [1.54, 1.807) is 30.3 Å². The summed E-state index contributed by atoms with van der Waals surface area (Å²) >= 11 is 0. The summed E-state index contributed by atoms with van der Waals surface area (Å²) in [7, 11) is -4.00. The number of rotatable bonds is 4. The summed E-state index contributed by atoms with van der Waals surface area (Å²) in [5, 5.41) is 2.45. The number of fused-ring (bicyclic) bond motifs is 1. The second kappa shape index (κ2) is 8.23. The molecule has 1 atom stereocenters. The molecule has 0 bridgehead atoms. The minimum atomic E-state index is -4.00. The first kappa shape index (κ1) is 21.8. The van der Waals surface area contributed by atoms with Crippen LogP contribution in [0.4, 0.5) is 20.2 Å². The fraction of sp³-hybridized carbons (Fsp3) is 0.174. The van der Waals surface area contributed by atoms with Gasteiger partial charge >= 0.3 is 0 Å². The molecule has 3 aromatic carbocycles. The van der Waals surface area contributed by atoms with Crippen LogP contribution in [0.15, 0.2) is 65.6 Å². The summed E-state index contributed by atoms with van der Waals surface area (Å²) in [6.45, 7) is 3.38. The molecule has 0 fully saturated rings. The van der Waals surface area contributed by atoms with Crippen LogP contribution >= 0.6 is 0 Å². The topological polar surface area (TPSA) is 75.7 Å². The van der Waals surface area contributed by atoms with E-state index >= 15 is 0 Å². The molecule has 4 rings (SSSR count). The highest BCUT2D eigenvalue weighted by Crippen LogP contribution is 2.38. The van der Waals surface area contributed by atoms with Gasteiger partial charge in [0.05, 0.1) is 17.1 Å². The van der Waals surface area contributed by atoms with E-state index in [0.29, 0.717) is 5.69 Å². The average molecular weight is 458 g/mol. The van der Waals surface area contributed by atoms with Gasteiger partial charge in [-0.1, -0.05) is 23.8 Å². The van der Waals surface area contributed by atoms with Gasteiger partial charge in [0.25, 0.3) is 15.9 Å². The number of aryl methyl sites for hydroxylation is 2. The number of nitrogens with one attached hydrogen (secondary N) is 1. The molecule has 1 N–H and O–H groups in total. The number of nitrogens with zero attached hydrogens (tertiary/aromatic N) is 1. The van der Waals surface area contributed by atoms with Gasteiger partial charge in [-0.25, -0.2) is 17.2 Å². The lowest BCUT2D eigenvalue weighted by atomic mass is 10.1. The Morgan fingerprint density at radius 2 is 1.66 bits per heavy atom. The molecule has 0 aromatic heterocycles. The highest BCUT2D eigenvalue weighted by atomic mass is 32.2. The maximum Gasteiger partial charge on any atom is 0.267 e. The zero-order valence-corrected chi connectivity index (χ0v) is 18.1. The molecule has 1 aliphatic heterocycles. The Morgan fingerprint density at radius 3 is 2.34 bits per heavy atom. The van der Waals surface area contributed by atoms with Crippen molar-refractivity contribution in [2.45, 2.75) is 24.8 Å². The maximum absolute atomic E-state index is 13.5. The van der Waals surface area contributed by atoms with E-state index in [2.05, 4.69) is 5.32 Å². The predicted molar refractivity (Wildman–Crippen MR) is 116 cm³/mol. The van der Waals surface area contributed by atoms with Gasteiger partial charge in [-0.05, 0) is 55.8 Å². The van der Waals surface area contributed by atoms with E-state index in [1.165, 1.54) is 18.2 Å². The third kappa shape index (κ3) is 4.16. The molecular weight excluding hydrogens is 438 g/mol. The molecule has 0 aliphatic carbocycles. The van der Waals surface area contributed by atoms with Crippen molar-refractivity contribution in [3.8, 4) is 5.75 Å². The zero-order valence-electron chi connectivity index (χ0n) is 17.3. The molecule has 0 radical (unpaired) electrons. The van der Waals surface area contributed by atoms with Crippen LogP contribution in [0.2, 0.25) is 0 Å². The zero-order chi connectivity index (χ0) is 23.0. The third-order valence-corrected chi connectivity index (χ3v) is 6.87. The molecule has 1 amide bonds. The number of amides is 1. The van der Waals surface area contributed by atoms with Gasteiger partial charge in [0.1, 0.15) is 5.75 Å². The number of carbonyl (C=O) groups excluding carboxylic acids is 1. The van der Waals surface area contributed by atoms with Gasteiger partial charge in [0.15, 0.2) is 17.7 Å². The largest absolute Gasteiger partial charge is 0.476 e. The fourth-order valence-electron chi connectivity index (χ4n) is 3.36. The van der Waals surface area contributed by atoms with E-state index in [4.69, 9.17) is 4.74 Å². The predicted octanol–water partition coefficient (Wildman–Crippen LogP) is 4.18. The molecule has 9 heteroatoms. The van der Waals surface area contributed by atoms with Crippen molar-refractivity contribution in [3.63, 3.8) is 0 Å². The summed E-state index contributed by atoms with van der Waals surface area (Å²) < 4.78 is 60.4. The lowest BCUT2D eigenvalue weighted by Crippen LogP contribution is -2.48. The maximum atomic E-state index is 13.5. The van der Waals surface area contributed by atoms with Crippen molar-refractivity contribution >= 4 is 27.3 Å². The van der Waals surface area contributed by atoms with E-state index in [9.17, 15) is 22.0 Å². The van der Waals surface area contributed by atoms with Crippen LogP contribution in [0.25, 0.3) is 0 Å². The molecule has 0 saturated carbocycles. The van der Waals surface area contributed by atoms with Gasteiger partial charge in [0, 0.05) is 11.8 Å². The van der Waals surface area contributed by atoms with Gasteiger partial charge in [-0.2, -0.15) is 0 Å². The van der Waals surface area contributed by atoms with E-state index in [-0.39, 0.29) is 22.9 Å². The number of sulfonamides is 1. The Hall–Kier alpha value is -3.46. The normalized spacial score (nSPS) is 15.6. The van der Waals surface area contributed by atoms with Crippen molar-refractivity contribution in [3.05, 3.63) is 83.4 Å². The highest BCUT2D eigenvalue weighted by molar-refractivity contribution is 7.92. The van der Waals surface area contributed by atoms with Crippen molar-refractivity contribution in [2.75, 3.05) is 16.2 Å². The number of carbonyl (C=O) groups is 1. The first-order valence-corrected chi connectivity index (χ1v) is 11.2. The summed E-state index contributed by atoms with van der Waals surface area (Å²) in [6.07, 6.45) is -1.21. The first-order chi connectivity index (χ1) is 15.1. The van der Waals surface area contributed by atoms with Crippen LogP contribution in [0.5, 0.6) is 5.75 Å². The van der Waals surface area contributed by atoms with Gasteiger partial charge < -0.3 is 10.1 Å². The Labute approximate surface area is 184 Å². The van der Waals surface area contributed by atoms with Gasteiger partial charge in [-0.15, -0.1) is 0 Å². The van der Waals surface area contributed by atoms with Crippen molar-refractivity contribution < 1.29 is 26.7 Å².